The molecular formula is C10H10O3. The van der Waals surface area contributed by atoms with Gasteiger partial charge in [0.25, 0.3) is 0 Å². The van der Waals surface area contributed by atoms with E-state index in [0.29, 0.717) is 11.8 Å². The van der Waals surface area contributed by atoms with Crippen LogP contribution in [-0.2, 0) is 14.3 Å². The van der Waals surface area contributed by atoms with E-state index in [-0.39, 0.29) is 0 Å². The Morgan fingerprint density at radius 1 is 1.38 bits per heavy atom. The number of esters is 1. The molecule has 0 aliphatic rings. The van der Waals surface area contributed by atoms with Crippen molar-refractivity contribution in [1.29, 1.82) is 0 Å². The second-order valence-corrected chi connectivity index (χ2v) is 2.55. The van der Waals surface area contributed by atoms with E-state index in [2.05, 4.69) is 4.74 Å². The van der Waals surface area contributed by atoms with Crippen molar-refractivity contribution >= 4 is 12.3 Å². The smallest absolute Gasteiger partial charge is 0.320 e. The monoisotopic (exact) mass is 178 g/mol. The first-order chi connectivity index (χ1) is 6.29. The van der Waals surface area contributed by atoms with Crippen LogP contribution in [0.15, 0.2) is 30.3 Å². The Balaban J connectivity index is 2.91. The summed E-state index contributed by atoms with van der Waals surface area (Å²) in [6.07, 6.45) is 0.584. The van der Waals surface area contributed by atoms with E-state index in [9.17, 15) is 9.59 Å². The summed E-state index contributed by atoms with van der Waals surface area (Å²) in [7, 11) is 1.27. The molecular weight excluding hydrogens is 168 g/mol. The Hall–Kier alpha value is -1.64. The summed E-state index contributed by atoms with van der Waals surface area (Å²) >= 11 is 0. The van der Waals surface area contributed by atoms with Crippen LogP contribution in [0.2, 0.25) is 0 Å². The van der Waals surface area contributed by atoms with Gasteiger partial charge in [0.2, 0.25) is 0 Å². The summed E-state index contributed by atoms with van der Waals surface area (Å²) in [6, 6.07) is 8.80. The Morgan fingerprint density at radius 2 is 2.00 bits per heavy atom. The molecule has 3 heteroatoms. The minimum absolute atomic E-state index is 0.527. The van der Waals surface area contributed by atoms with E-state index in [1.165, 1.54) is 7.11 Å². The van der Waals surface area contributed by atoms with Gasteiger partial charge in [-0.05, 0) is 5.56 Å². The van der Waals surface area contributed by atoms with Gasteiger partial charge in [-0.15, -0.1) is 0 Å². The van der Waals surface area contributed by atoms with Crippen LogP contribution < -0.4 is 0 Å². The zero-order chi connectivity index (χ0) is 9.68. The number of rotatable bonds is 3. The minimum atomic E-state index is -0.800. The molecule has 0 N–H and O–H groups in total. The quantitative estimate of drug-likeness (QED) is 0.396. The average molecular weight is 178 g/mol. The van der Waals surface area contributed by atoms with E-state index in [1.807, 2.05) is 6.07 Å². The lowest BCUT2D eigenvalue weighted by molar-refractivity contribution is -0.143. The van der Waals surface area contributed by atoms with Crippen LogP contribution in [0.25, 0.3) is 0 Å². The highest BCUT2D eigenvalue weighted by Gasteiger charge is 2.19. The van der Waals surface area contributed by atoms with Gasteiger partial charge in [-0.1, -0.05) is 30.3 Å². The summed E-state index contributed by atoms with van der Waals surface area (Å²) in [4.78, 5) is 21.7. The van der Waals surface area contributed by atoms with Crippen molar-refractivity contribution in [3.05, 3.63) is 35.9 Å². The lowest BCUT2D eigenvalue weighted by atomic mass is 10.0. The molecule has 0 aliphatic carbocycles. The van der Waals surface area contributed by atoms with Crippen molar-refractivity contribution in [2.45, 2.75) is 5.92 Å². The largest absolute Gasteiger partial charge is 0.468 e. The van der Waals surface area contributed by atoms with E-state index < -0.39 is 11.9 Å². The molecule has 1 aromatic rings. The normalized spacial score (nSPS) is 11.8. The maximum absolute atomic E-state index is 11.1. The zero-order valence-electron chi connectivity index (χ0n) is 7.27. The molecule has 0 saturated carbocycles. The number of methoxy groups -OCH3 is 1. The highest BCUT2D eigenvalue weighted by atomic mass is 16.5. The van der Waals surface area contributed by atoms with Crippen LogP contribution in [0.1, 0.15) is 11.5 Å². The van der Waals surface area contributed by atoms with Gasteiger partial charge in [0.05, 0.1) is 7.11 Å². The first kappa shape index (κ1) is 9.45. The number of carbonyl (C=O) groups excluding carboxylic acids is 2. The summed E-state index contributed by atoms with van der Waals surface area (Å²) in [5.41, 5.74) is 0.657. The molecule has 0 radical (unpaired) electrons. The summed E-state index contributed by atoms with van der Waals surface area (Å²) in [5, 5.41) is 0. The second kappa shape index (κ2) is 4.40. The number of aldehydes is 1. The predicted octanol–water partition coefficient (Wildman–Crippen LogP) is 1.14. The van der Waals surface area contributed by atoms with Gasteiger partial charge in [0.15, 0.2) is 0 Å². The Bertz CT molecular complexity index is 292. The fourth-order valence-corrected chi connectivity index (χ4v) is 1.06. The van der Waals surface area contributed by atoms with Crippen LogP contribution in [0.3, 0.4) is 0 Å². The fraction of sp³-hybridized carbons (Fsp3) is 0.200. The maximum atomic E-state index is 11.1. The van der Waals surface area contributed by atoms with E-state index in [0.717, 1.165) is 0 Å². The second-order valence-electron chi connectivity index (χ2n) is 2.55. The van der Waals surface area contributed by atoms with Crippen LogP contribution in [0.5, 0.6) is 0 Å². The molecule has 0 fully saturated rings. The Kier molecular flexibility index (Phi) is 3.20. The summed E-state index contributed by atoms with van der Waals surface area (Å²) < 4.78 is 4.49. The van der Waals surface area contributed by atoms with Gasteiger partial charge in [0.1, 0.15) is 12.2 Å². The highest BCUT2D eigenvalue weighted by Crippen LogP contribution is 2.13. The molecule has 0 unspecified atom stereocenters. The molecule has 1 atom stereocenters. The van der Waals surface area contributed by atoms with E-state index >= 15 is 0 Å². The molecule has 0 amide bonds. The van der Waals surface area contributed by atoms with Gasteiger partial charge in [-0.2, -0.15) is 0 Å². The molecule has 1 aromatic carbocycles. The number of hydrogen-bond donors (Lipinski definition) is 0. The number of hydrogen-bond acceptors (Lipinski definition) is 3. The Labute approximate surface area is 76.3 Å². The standard InChI is InChI=1S/C10H10O3/c1-13-10(12)9(7-11)8-5-3-2-4-6-8/h2-7,9H,1H3/t9-/m1/s1. The summed E-state index contributed by atoms with van der Waals surface area (Å²) in [5.74, 6) is -1.33. The zero-order valence-corrected chi connectivity index (χ0v) is 7.27. The third-order valence-corrected chi connectivity index (χ3v) is 1.75. The van der Waals surface area contributed by atoms with Crippen LogP contribution in [0, 0.1) is 0 Å². The SMILES string of the molecule is COC(=O)[C@H](C=O)c1ccccc1. The molecule has 3 nitrogen and oxygen atoms in total. The predicted molar refractivity (Wildman–Crippen MR) is 47.3 cm³/mol. The molecule has 1 rings (SSSR count). The van der Waals surface area contributed by atoms with Gasteiger partial charge < -0.3 is 9.53 Å². The molecule has 0 heterocycles. The lowest BCUT2D eigenvalue weighted by Gasteiger charge is -2.06. The molecule has 13 heavy (non-hydrogen) atoms. The van der Waals surface area contributed by atoms with Crippen molar-refractivity contribution in [2.75, 3.05) is 7.11 Å². The molecule has 0 aliphatic heterocycles. The number of carbonyl (C=O) groups is 2. The van der Waals surface area contributed by atoms with Crippen molar-refractivity contribution in [3.63, 3.8) is 0 Å². The topological polar surface area (TPSA) is 43.4 Å². The van der Waals surface area contributed by atoms with Crippen molar-refractivity contribution in [2.24, 2.45) is 0 Å². The van der Waals surface area contributed by atoms with E-state index in [1.54, 1.807) is 24.3 Å². The first-order valence-electron chi connectivity index (χ1n) is 3.87. The lowest BCUT2D eigenvalue weighted by Crippen LogP contribution is -2.15. The minimum Gasteiger partial charge on any atom is -0.468 e. The van der Waals surface area contributed by atoms with Gasteiger partial charge in [-0.25, -0.2) is 0 Å². The van der Waals surface area contributed by atoms with Crippen LogP contribution in [0.4, 0.5) is 0 Å². The van der Waals surface area contributed by atoms with E-state index in [4.69, 9.17) is 0 Å². The first-order valence-corrected chi connectivity index (χ1v) is 3.87. The maximum Gasteiger partial charge on any atom is 0.320 e. The highest BCUT2D eigenvalue weighted by molar-refractivity contribution is 5.93. The molecule has 0 spiro atoms. The third kappa shape index (κ3) is 2.15. The summed E-state index contributed by atoms with van der Waals surface area (Å²) in [6.45, 7) is 0. The molecule has 0 saturated heterocycles. The van der Waals surface area contributed by atoms with Gasteiger partial charge in [-0.3, -0.25) is 4.79 Å². The molecule has 68 valence electrons. The van der Waals surface area contributed by atoms with Crippen molar-refractivity contribution in [1.82, 2.24) is 0 Å². The Morgan fingerprint density at radius 3 is 2.46 bits per heavy atom. The average Bonchev–Trinajstić information content (AvgIpc) is 2.20. The van der Waals surface area contributed by atoms with Gasteiger partial charge >= 0.3 is 5.97 Å². The molecule has 0 bridgehead atoms. The van der Waals surface area contributed by atoms with Crippen LogP contribution >= 0.6 is 0 Å². The van der Waals surface area contributed by atoms with Gasteiger partial charge in [0, 0.05) is 0 Å². The van der Waals surface area contributed by atoms with Crippen molar-refractivity contribution in [3.8, 4) is 0 Å². The number of ether oxygens (including phenoxy) is 1. The fourth-order valence-electron chi connectivity index (χ4n) is 1.06. The van der Waals surface area contributed by atoms with Crippen LogP contribution in [-0.4, -0.2) is 19.4 Å². The van der Waals surface area contributed by atoms with Crippen molar-refractivity contribution < 1.29 is 14.3 Å². The molecule has 0 aromatic heterocycles. The number of benzene rings is 1. The third-order valence-electron chi connectivity index (χ3n) is 1.75.